The van der Waals surface area contributed by atoms with Crippen molar-refractivity contribution in [3.8, 4) is 0 Å². The van der Waals surface area contributed by atoms with Crippen LogP contribution in [-0.4, -0.2) is 30.2 Å². The summed E-state index contributed by atoms with van der Waals surface area (Å²) in [6.07, 6.45) is 4.27. The predicted octanol–water partition coefficient (Wildman–Crippen LogP) is 4.90. The Bertz CT molecular complexity index is 1040. The molecule has 0 aliphatic heterocycles. The maximum atomic E-state index is 12.9. The predicted molar refractivity (Wildman–Crippen MR) is 130 cm³/mol. The summed E-state index contributed by atoms with van der Waals surface area (Å²) in [6, 6.07) is 15.6. The number of unbranched alkanes of at least 4 members (excludes halogenated alkanes) is 2. The van der Waals surface area contributed by atoms with Gasteiger partial charge in [-0.05, 0) is 54.0 Å². The van der Waals surface area contributed by atoms with Gasteiger partial charge in [0.25, 0.3) is 5.91 Å². The smallest absolute Gasteiger partial charge is 0.252 e. The number of ketones is 1. The van der Waals surface area contributed by atoms with Gasteiger partial charge in [0.2, 0.25) is 5.91 Å². The van der Waals surface area contributed by atoms with Crippen molar-refractivity contribution in [3.63, 3.8) is 0 Å². The van der Waals surface area contributed by atoms with Crippen molar-refractivity contribution < 1.29 is 14.4 Å². The second-order valence-electron chi connectivity index (χ2n) is 8.02. The summed E-state index contributed by atoms with van der Waals surface area (Å²) in [5.74, 6) is -0.219. The fraction of sp³-hybridized carbons (Fsp3) is 0.346. The lowest BCUT2D eigenvalue weighted by Crippen LogP contribution is -2.47. The van der Waals surface area contributed by atoms with Crippen LogP contribution in [0.1, 0.15) is 54.9 Å². The van der Waals surface area contributed by atoms with Gasteiger partial charge in [-0.25, -0.2) is 0 Å². The number of rotatable bonds is 12. The Morgan fingerprint density at radius 3 is 2.56 bits per heavy atom. The summed E-state index contributed by atoms with van der Waals surface area (Å²) < 4.78 is 0. The maximum absolute atomic E-state index is 12.9. The first-order valence-corrected chi connectivity index (χ1v) is 12.1. The molecule has 0 bridgehead atoms. The van der Waals surface area contributed by atoms with E-state index in [1.807, 2.05) is 23.6 Å². The molecule has 2 amide bonds. The van der Waals surface area contributed by atoms with Gasteiger partial charge in [0.05, 0.1) is 5.56 Å². The van der Waals surface area contributed by atoms with Crippen LogP contribution >= 0.6 is 11.3 Å². The zero-order valence-corrected chi connectivity index (χ0v) is 19.3. The standard InChI is InChI=1S/C26H30N2O3S/c1-19(29)8-3-2-4-13-24(28-25(30)22-15-17-32-18-22)26(31)27-16-14-21-11-7-10-20-9-5-6-12-23(20)21/h5-7,9-12,15,17-18,24H,2-4,8,13-14,16H2,1H3,(H,27,31)(H,28,30)/t24-/m0/s1. The van der Waals surface area contributed by atoms with E-state index in [4.69, 9.17) is 0 Å². The molecule has 1 aromatic heterocycles. The van der Waals surface area contributed by atoms with E-state index in [2.05, 4.69) is 34.9 Å². The molecule has 168 valence electrons. The Labute approximate surface area is 193 Å². The van der Waals surface area contributed by atoms with Crippen molar-refractivity contribution in [1.29, 1.82) is 0 Å². The van der Waals surface area contributed by atoms with Gasteiger partial charge in [-0.15, -0.1) is 0 Å². The van der Waals surface area contributed by atoms with Crippen LogP contribution in [0.15, 0.2) is 59.3 Å². The maximum Gasteiger partial charge on any atom is 0.252 e. The van der Waals surface area contributed by atoms with Crippen LogP contribution in [-0.2, 0) is 16.0 Å². The molecule has 0 aliphatic rings. The number of amides is 2. The van der Waals surface area contributed by atoms with Gasteiger partial charge in [0, 0.05) is 18.3 Å². The van der Waals surface area contributed by atoms with Crippen LogP contribution in [0.5, 0.6) is 0 Å². The van der Waals surface area contributed by atoms with E-state index in [0.29, 0.717) is 24.9 Å². The highest BCUT2D eigenvalue weighted by Gasteiger charge is 2.21. The first kappa shape index (κ1) is 23.7. The van der Waals surface area contributed by atoms with Crippen LogP contribution in [0.3, 0.4) is 0 Å². The first-order chi connectivity index (χ1) is 15.5. The van der Waals surface area contributed by atoms with Crippen molar-refractivity contribution in [2.45, 2.75) is 51.5 Å². The zero-order valence-electron chi connectivity index (χ0n) is 18.4. The van der Waals surface area contributed by atoms with Gasteiger partial charge in [-0.2, -0.15) is 11.3 Å². The van der Waals surface area contributed by atoms with E-state index in [9.17, 15) is 14.4 Å². The Morgan fingerprint density at radius 2 is 1.78 bits per heavy atom. The number of nitrogens with one attached hydrogen (secondary N) is 2. The molecule has 0 spiro atoms. The third-order valence-electron chi connectivity index (χ3n) is 5.50. The molecule has 0 unspecified atom stereocenters. The Balaban J connectivity index is 1.56. The van der Waals surface area contributed by atoms with Gasteiger partial charge in [-0.1, -0.05) is 55.3 Å². The number of Topliss-reactive ketones (excluding diaryl/α,β-unsaturated/α-hetero) is 1. The van der Waals surface area contributed by atoms with Gasteiger partial charge >= 0.3 is 0 Å². The third-order valence-corrected chi connectivity index (χ3v) is 6.18. The molecule has 0 saturated heterocycles. The second-order valence-corrected chi connectivity index (χ2v) is 8.80. The van der Waals surface area contributed by atoms with E-state index in [-0.39, 0.29) is 17.6 Å². The molecule has 32 heavy (non-hydrogen) atoms. The molecule has 1 atom stereocenters. The average Bonchev–Trinajstić information content (AvgIpc) is 3.33. The molecule has 1 heterocycles. The van der Waals surface area contributed by atoms with E-state index < -0.39 is 6.04 Å². The van der Waals surface area contributed by atoms with Crippen LogP contribution in [0.2, 0.25) is 0 Å². The van der Waals surface area contributed by atoms with Gasteiger partial charge in [-0.3, -0.25) is 9.59 Å². The number of benzene rings is 2. The normalized spacial score (nSPS) is 11.8. The molecular weight excluding hydrogens is 420 g/mol. The molecule has 6 heteroatoms. The molecular formula is C26H30N2O3S. The lowest BCUT2D eigenvalue weighted by Gasteiger charge is -2.18. The van der Waals surface area contributed by atoms with E-state index in [0.717, 1.165) is 25.7 Å². The summed E-state index contributed by atoms with van der Waals surface area (Å²) in [4.78, 5) is 36.5. The van der Waals surface area contributed by atoms with Gasteiger partial charge < -0.3 is 15.4 Å². The summed E-state index contributed by atoms with van der Waals surface area (Å²) in [5, 5.41) is 11.9. The zero-order chi connectivity index (χ0) is 22.8. The Kier molecular flexibility index (Phi) is 8.99. The highest BCUT2D eigenvalue weighted by atomic mass is 32.1. The van der Waals surface area contributed by atoms with Crippen molar-refractivity contribution in [2.24, 2.45) is 0 Å². The van der Waals surface area contributed by atoms with E-state index >= 15 is 0 Å². The van der Waals surface area contributed by atoms with Crippen LogP contribution in [0.4, 0.5) is 0 Å². The quantitative estimate of drug-likeness (QED) is 0.386. The minimum Gasteiger partial charge on any atom is -0.354 e. The summed E-state index contributed by atoms with van der Waals surface area (Å²) in [5.41, 5.74) is 1.76. The molecule has 2 aromatic carbocycles. The van der Waals surface area contributed by atoms with Crippen molar-refractivity contribution in [2.75, 3.05) is 6.54 Å². The molecule has 3 rings (SSSR count). The SMILES string of the molecule is CC(=O)CCCCC[C@H](NC(=O)c1ccsc1)C(=O)NCCc1cccc2ccccc12. The monoisotopic (exact) mass is 450 g/mol. The molecule has 5 nitrogen and oxygen atoms in total. The Hall–Kier alpha value is -2.99. The lowest BCUT2D eigenvalue weighted by molar-refractivity contribution is -0.123. The van der Waals surface area contributed by atoms with Crippen molar-refractivity contribution in [1.82, 2.24) is 10.6 Å². The molecule has 0 fully saturated rings. The van der Waals surface area contributed by atoms with Crippen molar-refractivity contribution in [3.05, 3.63) is 70.4 Å². The number of thiophene rings is 1. The van der Waals surface area contributed by atoms with Crippen LogP contribution in [0, 0.1) is 0 Å². The average molecular weight is 451 g/mol. The minimum atomic E-state index is -0.591. The van der Waals surface area contributed by atoms with Crippen molar-refractivity contribution >= 4 is 39.7 Å². The second kappa shape index (κ2) is 12.2. The first-order valence-electron chi connectivity index (χ1n) is 11.1. The highest BCUT2D eigenvalue weighted by molar-refractivity contribution is 7.08. The fourth-order valence-corrected chi connectivity index (χ4v) is 4.39. The molecule has 0 radical (unpaired) electrons. The minimum absolute atomic E-state index is 0.166. The number of carbonyl (C=O) groups excluding carboxylic acids is 3. The van der Waals surface area contributed by atoms with E-state index in [1.165, 1.54) is 27.7 Å². The third kappa shape index (κ3) is 7.02. The van der Waals surface area contributed by atoms with Gasteiger partial charge in [0.1, 0.15) is 11.8 Å². The molecule has 3 aromatic rings. The summed E-state index contributed by atoms with van der Waals surface area (Å²) >= 11 is 1.45. The molecule has 0 aliphatic carbocycles. The fourth-order valence-electron chi connectivity index (χ4n) is 3.76. The molecule has 2 N–H and O–H groups in total. The number of hydrogen-bond donors (Lipinski definition) is 2. The summed E-state index contributed by atoms with van der Waals surface area (Å²) in [7, 11) is 0. The Morgan fingerprint density at radius 1 is 0.969 bits per heavy atom. The van der Waals surface area contributed by atoms with Crippen LogP contribution < -0.4 is 10.6 Å². The largest absolute Gasteiger partial charge is 0.354 e. The van der Waals surface area contributed by atoms with Gasteiger partial charge in [0.15, 0.2) is 0 Å². The molecule has 0 saturated carbocycles. The van der Waals surface area contributed by atoms with Crippen LogP contribution in [0.25, 0.3) is 10.8 Å². The summed E-state index contributed by atoms with van der Waals surface area (Å²) in [6.45, 7) is 2.09. The lowest BCUT2D eigenvalue weighted by atomic mass is 10.0. The number of hydrogen-bond acceptors (Lipinski definition) is 4. The number of carbonyl (C=O) groups is 3. The van der Waals surface area contributed by atoms with E-state index in [1.54, 1.807) is 18.4 Å². The number of fused-ring (bicyclic) bond motifs is 1. The topological polar surface area (TPSA) is 75.3 Å². The highest BCUT2D eigenvalue weighted by Crippen LogP contribution is 2.18.